The molecule has 0 amide bonds. The molecule has 0 aromatic heterocycles. The summed E-state index contributed by atoms with van der Waals surface area (Å²) in [6.45, 7) is 0. The van der Waals surface area contributed by atoms with Crippen LogP contribution in [0.2, 0.25) is 0 Å². The van der Waals surface area contributed by atoms with Crippen LogP contribution in [0.5, 0.6) is 0 Å². The molecule has 0 saturated heterocycles. The standard InChI is InChI=1S/C13H7FO/c14-11-6-5-10-12(15)7-4-8-2-1-3-9(11)13(8)10/h1-7H. The summed E-state index contributed by atoms with van der Waals surface area (Å²) in [7, 11) is 0. The number of halogens is 1. The molecule has 2 aromatic carbocycles. The van der Waals surface area contributed by atoms with E-state index in [1.54, 1.807) is 24.3 Å². The van der Waals surface area contributed by atoms with Crippen LogP contribution in [-0.4, -0.2) is 5.78 Å². The molecule has 0 bridgehead atoms. The quantitative estimate of drug-likeness (QED) is 0.635. The second kappa shape index (κ2) is 2.76. The summed E-state index contributed by atoms with van der Waals surface area (Å²) < 4.78 is 13.5. The molecular formula is C13H7FO. The highest BCUT2D eigenvalue weighted by molar-refractivity contribution is 6.19. The Hall–Kier alpha value is -1.96. The topological polar surface area (TPSA) is 17.1 Å². The highest BCUT2D eigenvalue weighted by Gasteiger charge is 2.16. The number of benzene rings is 2. The molecular weight excluding hydrogens is 191 g/mol. The monoisotopic (exact) mass is 198 g/mol. The van der Waals surface area contributed by atoms with Crippen molar-refractivity contribution < 1.29 is 9.18 Å². The minimum absolute atomic E-state index is 0.0568. The van der Waals surface area contributed by atoms with Gasteiger partial charge >= 0.3 is 0 Å². The van der Waals surface area contributed by atoms with Gasteiger partial charge in [-0.15, -0.1) is 0 Å². The number of carbonyl (C=O) groups excluding carboxylic acids is 1. The van der Waals surface area contributed by atoms with Gasteiger partial charge in [0.1, 0.15) is 5.82 Å². The Morgan fingerprint density at radius 2 is 1.87 bits per heavy atom. The Bertz CT molecular complexity index is 611. The first-order valence-corrected chi connectivity index (χ1v) is 4.71. The van der Waals surface area contributed by atoms with E-state index < -0.39 is 0 Å². The molecule has 0 heterocycles. The maximum Gasteiger partial charge on any atom is 0.186 e. The normalized spacial score (nSPS) is 13.5. The van der Waals surface area contributed by atoms with Crippen LogP contribution >= 0.6 is 0 Å². The number of carbonyl (C=O) groups is 1. The second-order valence-electron chi connectivity index (χ2n) is 3.56. The van der Waals surface area contributed by atoms with Crippen LogP contribution in [0.25, 0.3) is 16.8 Å². The first-order valence-electron chi connectivity index (χ1n) is 4.71. The summed E-state index contributed by atoms with van der Waals surface area (Å²) in [6, 6.07) is 8.27. The van der Waals surface area contributed by atoms with E-state index in [9.17, 15) is 9.18 Å². The predicted octanol–water partition coefficient (Wildman–Crippen LogP) is 3.19. The molecule has 0 atom stereocenters. The van der Waals surface area contributed by atoms with Crippen molar-refractivity contribution >= 4 is 22.6 Å². The number of rotatable bonds is 0. The maximum absolute atomic E-state index is 13.5. The highest BCUT2D eigenvalue weighted by atomic mass is 19.1. The molecule has 72 valence electrons. The minimum atomic E-state index is -0.279. The third-order valence-corrected chi connectivity index (χ3v) is 2.70. The molecule has 0 N–H and O–H groups in total. The third kappa shape index (κ3) is 1.05. The van der Waals surface area contributed by atoms with E-state index in [-0.39, 0.29) is 11.6 Å². The van der Waals surface area contributed by atoms with E-state index in [0.717, 1.165) is 10.9 Å². The summed E-state index contributed by atoms with van der Waals surface area (Å²) in [5.74, 6) is -0.336. The average Bonchev–Trinajstić information content (AvgIpc) is 2.26. The zero-order chi connectivity index (χ0) is 10.4. The fourth-order valence-corrected chi connectivity index (χ4v) is 2.00. The van der Waals surface area contributed by atoms with Crippen LogP contribution in [0.3, 0.4) is 0 Å². The fraction of sp³-hybridized carbons (Fsp3) is 0. The van der Waals surface area contributed by atoms with Gasteiger partial charge in [-0.2, -0.15) is 0 Å². The van der Waals surface area contributed by atoms with E-state index in [1.165, 1.54) is 12.1 Å². The van der Waals surface area contributed by atoms with Gasteiger partial charge < -0.3 is 0 Å². The van der Waals surface area contributed by atoms with Gasteiger partial charge in [0.25, 0.3) is 0 Å². The summed E-state index contributed by atoms with van der Waals surface area (Å²) >= 11 is 0. The summed E-state index contributed by atoms with van der Waals surface area (Å²) in [6.07, 6.45) is 3.26. The van der Waals surface area contributed by atoms with E-state index >= 15 is 0 Å². The molecule has 0 saturated carbocycles. The molecule has 1 aliphatic carbocycles. The smallest absolute Gasteiger partial charge is 0.186 e. The van der Waals surface area contributed by atoms with Gasteiger partial charge in [-0.25, -0.2) is 4.39 Å². The van der Waals surface area contributed by atoms with Gasteiger partial charge in [-0.05, 0) is 23.8 Å². The molecule has 3 rings (SSSR count). The van der Waals surface area contributed by atoms with Gasteiger partial charge in [-0.1, -0.05) is 24.3 Å². The highest BCUT2D eigenvalue weighted by Crippen LogP contribution is 2.29. The molecule has 2 aromatic rings. The van der Waals surface area contributed by atoms with Crippen molar-refractivity contribution in [2.24, 2.45) is 0 Å². The Morgan fingerprint density at radius 1 is 1.00 bits per heavy atom. The lowest BCUT2D eigenvalue weighted by Gasteiger charge is -2.11. The molecule has 15 heavy (non-hydrogen) atoms. The molecule has 0 spiro atoms. The Balaban J connectivity index is 2.59. The van der Waals surface area contributed by atoms with Crippen molar-refractivity contribution in [3.8, 4) is 0 Å². The van der Waals surface area contributed by atoms with Gasteiger partial charge in [0.15, 0.2) is 5.78 Å². The van der Waals surface area contributed by atoms with E-state index in [0.29, 0.717) is 10.9 Å². The van der Waals surface area contributed by atoms with Crippen LogP contribution in [0.4, 0.5) is 4.39 Å². The van der Waals surface area contributed by atoms with E-state index in [2.05, 4.69) is 0 Å². The first kappa shape index (κ1) is 8.36. The Kier molecular flexibility index (Phi) is 1.54. The second-order valence-corrected chi connectivity index (χ2v) is 3.56. The molecule has 1 nitrogen and oxygen atoms in total. The molecule has 0 unspecified atom stereocenters. The molecule has 1 aliphatic rings. The van der Waals surface area contributed by atoms with Crippen molar-refractivity contribution in [1.29, 1.82) is 0 Å². The number of ketones is 1. The van der Waals surface area contributed by atoms with Gasteiger partial charge in [-0.3, -0.25) is 4.79 Å². The minimum Gasteiger partial charge on any atom is -0.289 e. The molecule has 2 heteroatoms. The van der Waals surface area contributed by atoms with Gasteiger partial charge in [0.2, 0.25) is 0 Å². The molecule has 0 radical (unpaired) electrons. The van der Waals surface area contributed by atoms with Crippen LogP contribution in [-0.2, 0) is 0 Å². The lowest BCUT2D eigenvalue weighted by Crippen LogP contribution is -2.02. The van der Waals surface area contributed by atoms with Crippen LogP contribution in [0.1, 0.15) is 15.9 Å². The Labute approximate surface area is 85.8 Å². The summed E-state index contributed by atoms with van der Waals surface area (Å²) in [5.41, 5.74) is 1.49. The van der Waals surface area contributed by atoms with Crippen molar-refractivity contribution in [3.05, 3.63) is 53.4 Å². The molecule has 0 aliphatic heterocycles. The maximum atomic E-state index is 13.5. The zero-order valence-electron chi connectivity index (χ0n) is 7.83. The summed E-state index contributed by atoms with van der Waals surface area (Å²) in [4.78, 5) is 11.6. The van der Waals surface area contributed by atoms with E-state index in [4.69, 9.17) is 0 Å². The largest absolute Gasteiger partial charge is 0.289 e. The predicted molar refractivity (Wildman–Crippen MR) is 57.3 cm³/mol. The van der Waals surface area contributed by atoms with Crippen molar-refractivity contribution in [2.45, 2.75) is 0 Å². The van der Waals surface area contributed by atoms with Crippen LogP contribution < -0.4 is 0 Å². The van der Waals surface area contributed by atoms with Gasteiger partial charge in [0, 0.05) is 16.3 Å². The third-order valence-electron chi connectivity index (χ3n) is 2.70. The van der Waals surface area contributed by atoms with E-state index in [1.807, 2.05) is 6.07 Å². The lowest BCUT2D eigenvalue weighted by atomic mass is 9.92. The number of hydrogen-bond acceptors (Lipinski definition) is 1. The average molecular weight is 198 g/mol. The number of allylic oxidation sites excluding steroid dienone is 1. The SMILES string of the molecule is O=C1C=Cc2cccc3c(F)ccc1c23. The number of hydrogen-bond donors (Lipinski definition) is 0. The van der Waals surface area contributed by atoms with Gasteiger partial charge in [0.05, 0.1) is 0 Å². The van der Waals surface area contributed by atoms with Crippen LogP contribution in [0.15, 0.2) is 36.4 Å². The van der Waals surface area contributed by atoms with Crippen LogP contribution in [0, 0.1) is 5.82 Å². The zero-order valence-corrected chi connectivity index (χ0v) is 7.83. The summed E-state index contributed by atoms with van der Waals surface area (Å²) in [5, 5.41) is 1.24. The Morgan fingerprint density at radius 3 is 2.73 bits per heavy atom. The first-order chi connectivity index (χ1) is 7.27. The fourth-order valence-electron chi connectivity index (χ4n) is 2.00. The van der Waals surface area contributed by atoms with Crippen molar-refractivity contribution in [1.82, 2.24) is 0 Å². The lowest BCUT2D eigenvalue weighted by molar-refractivity contribution is 0.104. The van der Waals surface area contributed by atoms with Crippen molar-refractivity contribution in [3.63, 3.8) is 0 Å². The van der Waals surface area contributed by atoms with Crippen molar-refractivity contribution in [2.75, 3.05) is 0 Å². The molecule has 0 fully saturated rings.